The molecule has 0 radical (unpaired) electrons. The summed E-state index contributed by atoms with van der Waals surface area (Å²) >= 11 is 0. The van der Waals surface area contributed by atoms with Gasteiger partial charge in [0.1, 0.15) is 23.4 Å². The number of aryl methyl sites for hydroxylation is 1. The largest absolute Gasteiger partial charge is 0.489 e. The van der Waals surface area contributed by atoms with Gasteiger partial charge < -0.3 is 20.1 Å². The minimum absolute atomic E-state index is 0. The van der Waals surface area contributed by atoms with Crippen LogP contribution in [0.4, 0.5) is 0 Å². The second kappa shape index (κ2) is 10.0. The summed E-state index contributed by atoms with van der Waals surface area (Å²) in [5.74, 6) is 0.273. The summed E-state index contributed by atoms with van der Waals surface area (Å²) in [5, 5.41) is 15.0. The second-order valence-corrected chi connectivity index (χ2v) is 10.5. The molecule has 0 amide bonds. The predicted molar refractivity (Wildman–Crippen MR) is 127 cm³/mol. The molecule has 8 heteroatoms. The number of nitrogens with one attached hydrogen (secondary N) is 2. The van der Waals surface area contributed by atoms with Crippen LogP contribution in [0, 0.1) is 6.92 Å². The van der Waals surface area contributed by atoms with Gasteiger partial charge in [-0.3, -0.25) is 0 Å². The molecule has 0 saturated heterocycles. The van der Waals surface area contributed by atoms with Gasteiger partial charge in [0.15, 0.2) is 9.84 Å². The molecule has 1 atom stereocenters. The van der Waals surface area contributed by atoms with E-state index in [0.29, 0.717) is 6.54 Å². The molecule has 170 valence electrons. The Hall–Kier alpha value is -2.06. The molecule has 1 heterocycles. The van der Waals surface area contributed by atoms with E-state index in [4.69, 9.17) is 4.74 Å². The first kappa shape index (κ1) is 25.2. The molecule has 2 aromatic carbocycles. The quantitative estimate of drug-likeness (QED) is 0.447. The Morgan fingerprint density at radius 2 is 1.90 bits per heavy atom. The fourth-order valence-electron chi connectivity index (χ4n) is 3.49. The third-order valence-corrected chi connectivity index (χ3v) is 6.19. The minimum Gasteiger partial charge on any atom is -0.489 e. The number of hydrogen-bond donors (Lipinski definition) is 3. The van der Waals surface area contributed by atoms with E-state index in [1.54, 1.807) is 12.1 Å². The Morgan fingerprint density at radius 3 is 2.61 bits per heavy atom. The van der Waals surface area contributed by atoms with Gasteiger partial charge in [0, 0.05) is 35.4 Å². The second-order valence-electron chi connectivity index (χ2n) is 8.49. The van der Waals surface area contributed by atoms with Gasteiger partial charge in [-0.1, -0.05) is 24.3 Å². The summed E-state index contributed by atoms with van der Waals surface area (Å²) in [4.78, 5) is 3.42. The summed E-state index contributed by atoms with van der Waals surface area (Å²) < 4.78 is 29.6. The molecule has 1 aromatic heterocycles. The lowest BCUT2D eigenvalue weighted by molar-refractivity contribution is 0.0974. The smallest absolute Gasteiger partial charge is 0.179 e. The number of aromatic amines is 1. The van der Waals surface area contributed by atoms with E-state index in [9.17, 15) is 13.5 Å². The molecule has 0 bridgehead atoms. The standard InChI is InChI=1S/C23H30N2O4S.ClH/c1-16-9-10-22(30(4,27)28)21(11-16)29-15-18(26)14-25-23(2,3)12-17-13-24-20-8-6-5-7-19(17)20;/h5-11,13,18,24-26H,12,14-15H2,1-4H3;1H. The van der Waals surface area contributed by atoms with E-state index in [1.807, 2.05) is 25.3 Å². The zero-order valence-electron chi connectivity index (χ0n) is 18.3. The first-order valence-corrected chi connectivity index (χ1v) is 11.9. The van der Waals surface area contributed by atoms with Crippen molar-refractivity contribution in [2.24, 2.45) is 0 Å². The van der Waals surface area contributed by atoms with Crippen molar-refractivity contribution in [2.45, 2.75) is 43.7 Å². The highest BCUT2D eigenvalue weighted by molar-refractivity contribution is 7.90. The lowest BCUT2D eigenvalue weighted by atomic mass is 9.94. The van der Waals surface area contributed by atoms with Crippen LogP contribution in [0.5, 0.6) is 5.75 Å². The van der Waals surface area contributed by atoms with Crippen molar-refractivity contribution >= 4 is 33.1 Å². The fourth-order valence-corrected chi connectivity index (χ4v) is 4.29. The van der Waals surface area contributed by atoms with Crippen LogP contribution in [0.3, 0.4) is 0 Å². The van der Waals surface area contributed by atoms with Crippen molar-refractivity contribution in [3.05, 3.63) is 59.8 Å². The summed E-state index contributed by atoms with van der Waals surface area (Å²) in [6, 6.07) is 13.1. The molecular formula is C23H31ClN2O4S. The number of hydrogen-bond acceptors (Lipinski definition) is 5. The predicted octanol–water partition coefficient (Wildman–Crippen LogP) is 3.65. The maximum atomic E-state index is 12.0. The number of benzene rings is 2. The highest BCUT2D eigenvalue weighted by Gasteiger charge is 2.22. The molecule has 6 nitrogen and oxygen atoms in total. The van der Waals surface area contributed by atoms with Gasteiger partial charge in [-0.2, -0.15) is 0 Å². The van der Waals surface area contributed by atoms with Crippen LogP contribution in [0.2, 0.25) is 0 Å². The van der Waals surface area contributed by atoms with Crippen LogP contribution in [-0.4, -0.2) is 49.6 Å². The number of para-hydroxylation sites is 1. The van der Waals surface area contributed by atoms with Gasteiger partial charge in [-0.25, -0.2) is 8.42 Å². The highest BCUT2D eigenvalue weighted by Crippen LogP contribution is 2.25. The number of ether oxygens (including phenoxy) is 1. The van der Waals surface area contributed by atoms with Gasteiger partial charge in [-0.15, -0.1) is 12.4 Å². The number of sulfone groups is 1. The Morgan fingerprint density at radius 1 is 1.19 bits per heavy atom. The summed E-state index contributed by atoms with van der Waals surface area (Å²) in [7, 11) is -3.41. The lowest BCUT2D eigenvalue weighted by Crippen LogP contribution is -2.46. The monoisotopic (exact) mass is 466 g/mol. The summed E-state index contributed by atoms with van der Waals surface area (Å²) in [6.07, 6.45) is 3.19. The Labute approximate surface area is 190 Å². The van der Waals surface area contributed by atoms with Crippen molar-refractivity contribution in [1.29, 1.82) is 0 Å². The van der Waals surface area contributed by atoms with Gasteiger partial charge in [-0.05, 0) is 56.5 Å². The molecule has 0 aliphatic heterocycles. The normalized spacial score (nSPS) is 13.1. The van der Waals surface area contributed by atoms with Crippen molar-refractivity contribution in [3.63, 3.8) is 0 Å². The number of β-amino-alcohol motifs (C(OH)–C–C–N with tert-alkyl or cyclic N) is 1. The molecule has 3 N–H and O–H groups in total. The highest BCUT2D eigenvalue weighted by atomic mass is 35.5. The maximum absolute atomic E-state index is 12.0. The Kier molecular flexibility index (Phi) is 8.16. The van der Waals surface area contributed by atoms with Crippen molar-refractivity contribution in [2.75, 3.05) is 19.4 Å². The van der Waals surface area contributed by atoms with Gasteiger partial charge in [0.25, 0.3) is 0 Å². The van der Waals surface area contributed by atoms with E-state index >= 15 is 0 Å². The third-order valence-electron chi connectivity index (χ3n) is 5.05. The van der Waals surface area contributed by atoms with Gasteiger partial charge >= 0.3 is 0 Å². The van der Waals surface area contributed by atoms with Gasteiger partial charge in [0.2, 0.25) is 0 Å². The Balaban J connectivity index is 0.00000341. The molecule has 1 unspecified atom stereocenters. The van der Waals surface area contributed by atoms with E-state index in [1.165, 1.54) is 17.0 Å². The topological polar surface area (TPSA) is 91.4 Å². The molecule has 0 aliphatic rings. The van der Waals surface area contributed by atoms with Crippen LogP contribution in [0.15, 0.2) is 53.6 Å². The Bertz CT molecular complexity index is 1130. The van der Waals surface area contributed by atoms with Crippen LogP contribution in [0.25, 0.3) is 10.9 Å². The van der Waals surface area contributed by atoms with Crippen LogP contribution < -0.4 is 10.1 Å². The molecule has 0 spiro atoms. The van der Waals surface area contributed by atoms with E-state index in [-0.39, 0.29) is 35.2 Å². The van der Waals surface area contributed by atoms with Crippen LogP contribution >= 0.6 is 12.4 Å². The molecule has 31 heavy (non-hydrogen) atoms. The van der Waals surface area contributed by atoms with Crippen molar-refractivity contribution in [1.82, 2.24) is 10.3 Å². The number of H-pyrrole nitrogens is 1. The molecular weight excluding hydrogens is 436 g/mol. The van der Waals surface area contributed by atoms with E-state index < -0.39 is 15.9 Å². The number of halogens is 1. The maximum Gasteiger partial charge on any atom is 0.179 e. The SMILES string of the molecule is Cc1ccc(S(C)(=O)=O)c(OCC(O)CNC(C)(C)Cc2c[nH]c3ccccc23)c1.Cl. The molecule has 3 aromatic rings. The van der Waals surface area contributed by atoms with Crippen LogP contribution in [-0.2, 0) is 16.3 Å². The first-order valence-electron chi connectivity index (χ1n) is 9.97. The average molecular weight is 467 g/mol. The lowest BCUT2D eigenvalue weighted by Gasteiger charge is -2.28. The summed E-state index contributed by atoms with van der Waals surface area (Å²) in [5.41, 5.74) is 2.97. The molecule has 3 rings (SSSR count). The number of aliphatic hydroxyl groups excluding tert-OH is 1. The first-order chi connectivity index (χ1) is 14.0. The van der Waals surface area contributed by atoms with E-state index in [0.717, 1.165) is 23.8 Å². The van der Waals surface area contributed by atoms with E-state index in [2.05, 4.69) is 36.3 Å². The number of aromatic nitrogens is 1. The zero-order valence-corrected chi connectivity index (χ0v) is 19.9. The third kappa shape index (κ3) is 6.71. The fraction of sp³-hybridized carbons (Fsp3) is 0.391. The molecule has 0 saturated carbocycles. The summed E-state index contributed by atoms with van der Waals surface area (Å²) in [6.45, 7) is 6.37. The van der Waals surface area contributed by atoms with Crippen molar-refractivity contribution < 1.29 is 18.3 Å². The molecule has 0 aliphatic carbocycles. The van der Waals surface area contributed by atoms with Crippen LogP contribution in [0.1, 0.15) is 25.0 Å². The van der Waals surface area contributed by atoms with Crippen molar-refractivity contribution in [3.8, 4) is 5.75 Å². The minimum atomic E-state index is -3.41. The van der Waals surface area contributed by atoms with Gasteiger partial charge in [0.05, 0.1) is 0 Å². The molecule has 0 fully saturated rings. The zero-order chi connectivity index (χ0) is 21.9. The number of fused-ring (bicyclic) bond motifs is 1. The number of rotatable bonds is 9. The average Bonchev–Trinajstić information content (AvgIpc) is 3.06. The number of aliphatic hydroxyl groups is 1.